The minimum atomic E-state index is -0.272. The highest BCUT2D eigenvalue weighted by molar-refractivity contribution is 9.09. The van der Waals surface area contributed by atoms with Crippen LogP contribution in [-0.2, 0) is 4.74 Å². The molecular formula is C17H17BrO2. The first-order valence-electron chi connectivity index (χ1n) is 6.64. The van der Waals surface area contributed by atoms with Crippen molar-refractivity contribution in [1.29, 1.82) is 0 Å². The molecule has 0 spiro atoms. The summed E-state index contributed by atoms with van der Waals surface area (Å²) in [7, 11) is 0. The Balaban J connectivity index is 2.59. The molecule has 0 aromatic heterocycles. The third-order valence-electron chi connectivity index (χ3n) is 3.08. The predicted octanol–water partition coefficient (Wildman–Crippen LogP) is 4.99. The number of halogens is 1. The molecule has 1 unspecified atom stereocenters. The summed E-state index contributed by atoms with van der Waals surface area (Å²) in [6.07, 6.45) is 0. The number of hydrogen-bond acceptors (Lipinski definition) is 2. The first-order chi connectivity index (χ1) is 9.65. The third-order valence-corrected chi connectivity index (χ3v) is 3.54. The topological polar surface area (TPSA) is 26.3 Å². The van der Waals surface area contributed by atoms with Crippen molar-refractivity contribution in [1.82, 2.24) is 0 Å². The van der Waals surface area contributed by atoms with Gasteiger partial charge in [0.05, 0.1) is 12.2 Å². The van der Waals surface area contributed by atoms with Crippen molar-refractivity contribution in [3.05, 3.63) is 59.7 Å². The number of alkyl halides is 1. The first-order valence-corrected chi connectivity index (χ1v) is 7.56. The zero-order chi connectivity index (χ0) is 14.5. The Kier molecular flexibility index (Phi) is 4.96. The molecular weight excluding hydrogens is 316 g/mol. The molecule has 2 aromatic rings. The summed E-state index contributed by atoms with van der Waals surface area (Å²) in [4.78, 5) is 12.2. The molecule has 2 rings (SSSR count). The maximum Gasteiger partial charge on any atom is 0.338 e. The van der Waals surface area contributed by atoms with Gasteiger partial charge in [-0.25, -0.2) is 4.79 Å². The Labute approximate surface area is 127 Å². The van der Waals surface area contributed by atoms with Crippen molar-refractivity contribution < 1.29 is 9.53 Å². The largest absolute Gasteiger partial charge is 0.462 e. The van der Waals surface area contributed by atoms with Crippen molar-refractivity contribution in [2.45, 2.75) is 18.7 Å². The fourth-order valence-corrected chi connectivity index (χ4v) is 2.74. The molecule has 0 saturated carbocycles. The van der Waals surface area contributed by atoms with Crippen LogP contribution in [0.2, 0.25) is 0 Å². The van der Waals surface area contributed by atoms with E-state index < -0.39 is 0 Å². The predicted molar refractivity (Wildman–Crippen MR) is 85.2 cm³/mol. The van der Waals surface area contributed by atoms with Crippen LogP contribution in [0.5, 0.6) is 0 Å². The monoisotopic (exact) mass is 332 g/mol. The van der Waals surface area contributed by atoms with Gasteiger partial charge in [-0.3, -0.25) is 0 Å². The number of rotatable bonds is 4. The van der Waals surface area contributed by atoms with Crippen LogP contribution in [0.1, 0.15) is 34.6 Å². The standard InChI is InChI=1S/C17H17BrO2/c1-3-20-17(19)15-11-7-10-14(16(15)12(2)18)13-8-5-4-6-9-13/h4-12H,3H2,1-2H3. The summed E-state index contributed by atoms with van der Waals surface area (Å²) in [5.41, 5.74) is 3.75. The number of carbonyl (C=O) groups is 1. The molecule has 0 aliphatic heterocycles. The average Bonchev–Trinajstić information content (AvgIpc) is 2.47. The Hall–Kier alpha value is -1.61. The van der Waals surface area contributed by atoms with Crippen LogP contribution < -0.4 is 0 Å². The van der Waals surface area contributed by atoms with Gasteiger partial charge in [-0.1, -0.05) is 58.4 Å². The number of esters is 1. The molecule has 0 aliphatic rings. The van der Waals surface area contributed by atoms with E-state index in [4.69, 9.17) is 4.74 Å². The molecule has 2 nitrogen and oxygen atoms in total. The van der Waals surface area contributed by atoms with E-state index in [2.05, 4.69) is 15.9 Å². The zero-order valence-corrected chi connectivity index (χ0v) is 13.2. The van der Waals surface area contributed by atoms with Gasteiger partial charge in [-0.05, 0) is 36.6 Å². The molecule has 1 atom stereocenters. The molecule has 0 heterocycles. The van der Waals surface area contributed by atoms with Gasteiger partial charge in [0.1, 0.15) is 0 Å². The van der Waals surface area contributed by atoms with E-state index >= 15 is 0 Å². The second-order valence-electron chi connectivity index (χ2n) is 4.47. The minimum absolute atomic E-state index is 0.0679. The summed E-state index contributed by atoms with van der Waals surface area (Å²) in [6.45, 7) is 4.21. The number of carbonyl (C=O) groups excluding carboxylic acids is 1. The molecule has 20 heavy (non-hydrogen) atoms. The molecule has 3 heteroatoms. The van der Waals surface area contributed by atoms with Crippen molar-refractivity contribution in [2.24, 2.45) is 0 Å². The second kappa shape index (κ2) is 6.71. The van der Waals surface area contributed by atoms with E-state index in [9.17, 15) is 4.79 Å². The Morgan fingerprint density at radius 2 is 1.85 bits per heavy atom. The number of ether oxygens (including phenoxy) is 1. The molecule has 0 aliphatic carbocycles. The third kappa shape index (κ3) is 3.10. The molecule has 104 valence electrons. The van der Waals surface area contributed by atoms with Crippen molar-refractivity contribution in [2.75, 3.05) is 6.61 Å². The van der Waals surface area contributed by atoms with Gasteiger partial charge in [0.2, 0.25) is 0 Å². The Bertz CT molecular complexity index is 591. The van der Waals surface area contributed by atoms with Crippen LogP contribution in [0.15, 0.2) is 48.5 Å². The van der Waals surface area contributed by atoms with Gasteiger partial charge in [-0.2, -0.15) is 0 Å². The fourth-order valence-electron chi connectivity index (χ4n) is 2.25. The molecule has 0 fully saturated rings. The quantitative estimate of drug-likeness (QED) is 0.582. The molecule has 0 radical (unpaired) electrons. The smallest absolute Gasteiger partial charge is 0.338 e. The molecule has 0 bridgehead atoms. The van der Waals surface area contributed by atoms with Gasteiger partial charge in [0.15, 0.2) is 0 Å². The summed E-state index contributed by atoms with van der Waals surface area (Å²) in [6, 6.07) is 15.8. The number of benzene rings is 2. The Morgan fingerprint density at radius 1 is 1.15 bits per heavy atom. The van der Waals surface area contributed by atoms with Crippen LogP contribution in [0.25, 0.3) is 11.1 Å². The van der Waals surface area contributed by atoms with Gasteiger partial charge >= 0.3 is 5.97 Å². The Morgan fingerprint density at radius 3 is 2.45 bits per heavy atom. The van der Waals surface area contributed by atoms with Gasteiger partial charge < -0.3 is 4.74 Å². The maximum atomic E-state index is 12.1. The van der Waals surface area contributed by atoms with Gasteiger partial charge in [0.25, 0.3) is 0 Å². The van der Waals surface area contributed by atoms with Crippen LogP contribution >= 0.6 is 15.9 Å². The van der Waals surface area contributed by atoms with E-state index in [0.717, 1.165) is 16.7 Å². The van der Waals surface area contributed by atoms with Gasteiger partial charge in [-0.15, -0.1) is 0 Å². The van der Waals surface area contributed by atoms with Crippen molar-refractivity contribution >= 4 is 21.9 Å². The molecule has 2 aromatic carbocycles. The van der Waals surface area contributed by atoms with E-state index in [0.29, 0.717) is 12.2 Å². The maximum absolute atomic E-state index is 12.1. The summed E-state index contributed by atoms with van der Waals surface area (Å²) < 4.78 is 5.15. The van der Waals surface area contributed by atoms with E-state index in [-0.39, 0.29) is 10.8 Å². The lowest BCUT2D eigenvalue weighted by atomic mass is 9.94. The van der Waals surface area contributed by atoms with Crippen molar-refractivity contribution in [3.8, 4) is 11.1 Å². The highest BCUT2D eigenvalue weighted by atomic mass is 79.9. The molecule has 0 saturated heterocycles. The second-order valence-corrected chi connectivity index (χ2v) is 5.84. The van der Waals surface area contributed by atoms with E-state index in [1.165, 1.54) is 0 Å². The molecule has 0 amide bonds. The lowest BCUT2D eigenvalue weighted by Crippen LogP contribution is -2.09. The van der Waals surface area contributed by atoms with Crippen LogP contribution in [0.4, 0.5) is 0 Å². The van der Waals surface area contributed by atoms with Crippen LogP contribution in [0.3, 0.4) is 0 Å². The minimum Gasteiger partial charge on any atom is -0.462 e. The zero-order valence-electron chi connectivity index (χ0n) is 11.6. The van der Waals surface area contributed by atoms with Crippen molar-refractivity contribution in [3.63, 3.8) is 0 Å². The van der Waals surface area contributed by atoms with Crippen LogP contribution in [0, 0.1) is 0 Å². The van der Waals surface area contributed by atoms with Crippen LogP contribution in [-0.4, -0.2) is 12.6 Å². The van der Waals surface area contributed by atoms with E-state index in [1.54, 1.807) is 0 Å². The summed E-state index contributed by atoms with van der Waals surface area (Å²) >= 11 is 3.59. The highest BCUT2D eigenvalue weighted by Gasteiger charge is 2.19. The fraction of sp³-hybridized carbons (Fsp3) is 0.235. The summed E-state index contributed by atoms with van der Waals surface area (Å²) in [5, 5.41) is 0. The SMILES string of the molecule is CCOC(=O)c1cccc(-c2ccccc2)c1C(C)Br. The van der Waals surface area contributed by atoms with E-state index in [1.807, 2.05) is 62.4 Å². The summed E-state index contributed by atoms with van der Waals surface area (Å²) in [5.74, 6) is -0.272. The lowest BCUT2D eigenvalue weighted by Gasteiger charge is -2.16. The van der Waals surface area contributed by atoms with Gasteiger partial charge in [0, 0.05) is 4.83 Å². The average molecular weight is 333 g/mol. The first kappa shape index (κ1) is 14.8. The highest BCUT2D eigenvalue weighted by Crippen LogP contribution is 2.35. The number of hydrogen-bond donors (Lipinski definition) is 0. The molecule has 0 N–H and O–H groups in total. The lowest BCUT2D eigenvalue weighted by molar-refractivity contribution is 0.0525. The normalized spacial score (nSPS) is 11.9.